The van der Waals surface area contributed by atoms with Crippen molar-refractivity contribution in [3.05, 3.63) is 64.9 Å². The zero-order valence-corrected chi connectivity index (χ0v) is 21.2. The van der Waals surface area contributed by atoms with E-state index in [1.54, 1.807) is 55.5 Å². The Morgan fingerprint density at radius 3 is 2.54 bits per heavy atom. The van der Waals surface area contributed by atoms with Crippen LogP contribution < -0.4 is 20.1 Å². The second-order valence-corrected chi connectivity index (χ2v) is 8.10. The lowest BCUT2D eigenvalue weighted by molar-refractivity contribution is -0.140. The fourth-order valence-corrected chi connectivity index (χ4v) is 3.88. The van der Waals surface area contributed by atoms with Crippen molar-refractivity contribution in [1.29, 1.82) is 0 Å². The van der Waals surface area contributed by atoms with Gasteiger partial charge in [0.25, 0.3) is 5.91 Å². The standard InChI is InChI=1S/C25H29N3O6S/c1-15-21(24(30)34-12-11-31-3)22(27-25(35)28(15)2)16-7-6-8-17(13-16)26-23(29)19-10-9-18(32-4)14-20(19)33-5/h6-10,13-14,22H,11-12H2,1-5H3,(H,26,29)(H,27,35). The van der Waals surface area contributed by atoms with Gasteiger partial charge in [0, 0.05) is 31.6 Å². The SMILES string of the molecule is COCCOC(=O)C1=C(C)N(C)C(=S)NC1c1cccc(NC(=O)c2ccc(OC)cc2OC)c1. The van der Waals surface area contributed by atoms with Crippen LogP contribution in [-0.4, -0.2) is 63.5 Å². The van der Waals surface area contributed by atoms with Crippen molar-refractivity contribution in [2.45, 2.75) is 13.0 Å². The van der Waals surface area contributed by atoms with Crippen LogP contribution in [-0.2, 0) is 14.3 Å². The van der Waals surface area contributed by atoms with Crippen molar-refractivity contribution in [3.8, 4) is 11.5 Å². The van der Waals surface area contributed by atoms with Crippen LogP contribution in [0.15, 0.2) is 53.7 Å². The number of rotatable bonds is 9. The minimum absolute atomic E-state index is 0.132. The topological polar surface area (TPSA) is 98.4 Å². The molecular formula is C25H29N3O6S. The minimum Gasteiger partial charge on any atom is -0.497 e. The maximum Gasteiger partial charge on any atom is 0.338 e. The monoisotopic (exact) mass is 499 g/mol. The first kappa shape index (κ1) is 26.0. The van der Waals surface area contributed by atoms with Gasteiger partial charge in [0.05, 0.1) is 38.0 Å². The molecule has 0 aromatic heterocycles. The summed E-state index contributed by atoms with van der Waals surface area (Å²) in [6, 6.07) is 11.6. The number of esters is 1. The van der Waals surface area contributed by atoms with Crippen molar-refractivity contribution in [2.24, 2.45) is 0 Å². The number of benzene rings is 2. The van der Waals surface area contributed by atoms with E-state index < -0.39 is 12.0 Å². The summed E-state index contributed by atoms with van der Waals surface area (Å²) in [5.41, 5.74) is 2.74. The summed E-state index contributed by atoms with van der Waals surface area (Å²) >= 11 is 5.46. The predicted molar refractivity (Wildman–Crippen MR) is 136 cm³/mol. The average Bonchev–Trinajstić information content (AvgIpc) is 2.86. The Bertz CT molecular complexity index is 1150. The molecule has 1 atom stereocenters. The quantitative estimate of drug-likeness (QED) is 0.306. The lowest BCUT2D eigenvalue weighted by Gasteiger charge is -2.35. The van der Waals surface area contributed by atoms with Gasteiger partial charge in [-0.1, -0.05) is 12.1 Å². The molecule has 1 heterocycles. The highest BCUT2D eigenvalue weighted by Gasteiger charge is 2.33. The van der Waals surface area contributed by atoms with E-state index in [-0.39, 0.29) is 12.5 Å². The number of allylic oxidation sites excluding steroid dienone is 1. The molecule has 1 amide bonds. The van der Waals surface area contributed by atoms with E-state index in [4.69, 9.17) is 31.2 Å². The first-order valence-electron chi connectivity index (χ1n) is 10.8. The van der Waals surface area contributed by atoms with Gasteiger partial charge < -0.3 is 34.5 Å². The molecule has 1 aliphatic heterocycles. The van der Waals surface area contributed by atoms with Gasteiger partial charge in [-0.15, -0.1) is 0 Å². The van der Waals surface area contributed by atoms with E-state index in [1.807, 2.05) is 13.0 Å². The molecule has 0 saturated carbocycles. The van der Waals surface area contributed by atoms with E-state index in [2.05, 4.69) is 10.6 Å². The number of hydrogen-bond acceptors (Lipinski definition) is 7. The molecule has 9 nitrogen and oxygen atoms in total. The van der Waals surface area contributed by atoms with Gasteiger partial charge in [-0.05, 0) is 49.0 Å². The highest BCUT2D eigenvalue weighted by molar-refractivity contribution is 7.80. The Kier molecular flexibility index (Phi) is 8.67. The number of amides is 1. The van der Waals surface area contributed by atoms with E-state index >= 15 is 0 Å². The summed E-state index contributed by atoms with van der Waals surface area (Å²) < 4.78 is 20.9. The molecule has 0 fully saturated rings. The Morgan fingerprint density at radius 1 is 1.09 bits per heavy atom. The average molecular weight is 500 g/mol. The number of carbonyl (C=O) groups is 2. The van der Waals surface area contributed by atoms with E-state index in [0.717, 1.165) is 5.56 Å². The Hall–Kier alpha value is -3.63. The van der Waals surface area contributed by atoms with Crippen molar-refractivity contribution in [2.75, 3.05) is 46.9 Å². The molecule has 0 spiro atoms. The molecule has 3 rings (SSSR count). The van der Waals surface area contributed by atoms with Gasteiger partial charge >= 0.3 is 5.97 Å². The third kappa shape index (κ3) is 5.90. The third-order valence-electron chi connectivity index (χ3n) is 5.63. The highest BCUT2D eigenvalue weighted by Crippen LogP contribution is 2.32. The van der Waals surface area contributed by atoms with Crippen LogP contribution >= 0.6 is 12.2 Å². The smallest absolute Gasteiger partial charge is 0.338 e. The number of thiocarbonyl (C=S) groups is 1. The van der Waals surface area contributed by atoms with E-state index in [0.29, 0.717) is 45.7 Å². The lowest BCUT2D eigenvalue weighted by Crippen LogP contribution is -2.46. The van der Waals surface area contributed by atoms with Gasteiger partial charge in [0.1, 0.15) is 18.1 Å². The Balaban J connectivity index is 1.89. The van der Waals surface area contributed by atoms with Crippen molar-refractivity contribution >= 4 is 34.9 Å². The van der Waals surface area contributed by atoms with Crippen LogP contribution in [0.1, 0.15) is 28.9 Å². The van der Waals surface area contributed by atoms with Gasteiger partial charge in [-0.25, -0.2) is 4.79 Å². The van der Waals surface area contributed by atoms with Crippen LogP contribution in [0.3, 0.4) is 0 Å². The molecule has 35 heavy (non-hydrogen) atoms. The summed E-state index contributed by atoms with van der Waals surface area (Å²) in [7, 11) is 6.35. The number of carbonyl (C=O) groups excluding carboxylic acids is 2. The second-order valence-electron chi connectivity index (χ2n) is 7.72. The fourth-order valence-electron chi connectivity index (χ4n) is 3.63. The summed E-state index contributed by atoms with van der Waals surface area (Å²) in [6.45, 7) is 2.24. The van der Waals surface area contributed by atoms with Gasteiger partial charge in [0.15, 0.2) is 5.11 Å². The number of anilines is 1. The van der Waals surface area contributed by atoms with Crippen LogP contribution in [0.2, 0.25) is 0 Å². The van der Waals surface area contributed by atoms with Crippen LogP contribution in [0.5, 0.6) is 11.5 Å². The first-order valence-corrected chi connectivity index (χ1v) is 11.3. The molecule has 0 saturated heterocycles. The minimum atomic E-state index is -0.555. The number of nitrogens with one attached hydrogen (secondary N) is 2. The highest BCUT2D eigenvalue weighted by atomic mass is 32.1. The zero-order chi connectivity index (χ0) is 25.5. The normalized spacial score (nSPS) is 15.4. The molecule has 2 aromatic rings. The van der Waals surface area contributed by atoms with Crippen molar-refractivity contribution < 1.29 is 28.5 Å². The molecule has 1 unspecified atom stereocenters. The van der Waals surface area contributed by atoms with Crippen molar-refractivity contribution in [3.63, 3.8) is 0 Å². The van der Waals surface area contributed by atoms with Crippen molar-refractivity contribution in [1.82, 2.24) is 10.2 Å². The molecular weight excluding hydrogens is 470 g/mol. The molecule has 10 heteroatoms. The lowest BCUT2D eigenvalue weighted by atomic mass is 9.94. The second kappa shape index (κ2) is 11.7. The number of ether oxygens (including phenoxy) is 4. The first-order chi connectivity index (χ1) is 16.8. The van der Waals surface area contributed by atoms with Gasteiger partial charge in [-0.2, -0.15) is 0 Å². The molecule has 186 valence electrons. The predicted octanol–water partition coefficient (Wildman–Crippen LogP) is 3.28. The molecule has 2 N–H and O–H groups in total. The summed E-state index contributed by atoms with van der Waals surface area (Å²) in [5, 5.41) is 6.56. The van der Waals surface area contributed by atoms with Crippen LogP contribution in [0.25, 0.3) is 0 Å². The van der Waals surface area contributed by atoms with Gasteiger partial charge in [-0.3, -0.25) is 4.79 Å². The summed E-state index contributed by atoms with van der Waals surface area (Å²) in [6.07, 6.45) is 0. The number of methoxy groups -OCH3 is 3. The summed E-state index contributed by atoms with van der Waals surface area (Å²) in [5.74, 6) is 0.153. The molecule has 1 aliphatic rings. The van der Waals surface area contributed by atoms with Gasteiger partial charge in [0.2, 0.25) is 0 Å². The molecule has 0 aliphatic carbocycles. The fraction of sp³-hybridized carbons (Fsp3) is 0.320. The van der Waals surface area contributed by atoms with Crippen LogP contribution in [0.4, 0.5) is 5.69 Å². The summed E-state index contributed by atoms with van der Waals surface area (Å²) in [4.78, 5) is 27.7. The third-order valence-corrected chi connectivity index (χ3v) is 6.02. The Labute approximate surface area is 210 Å². The maximum absolute atomic E-state index is 13.0. The van der Waals surface area contributed by atoms with E-state index in [1.165, 1.54) is 14.2 Å². The largest absolute Gasteiger partial charge is 0.497 e. The molecule has 0 bridgehead atoms. The Morgan fingerprint density at radius 2 is 1.86 bits per heavy atom. The molecule has 2 aromatic carbocycles. The number of hydrogen-bond donors (Lipinski definition) is 2. The van der Waals surface area contributed by atoms with Crippen LogP contribution in [0, 0.1) is 0 Å². The zero-order valence-electron chi connectivity index (χ0n) is 20.3. The maximum atomic E-state index is 13.0. The van der Waals surface area contributed by atoms with E-state index in [9.17, 15) is 9.59 Å². The molecule has 0 radical (unpaired) electrons. The number of nitrogens with zero attached hydrogens (tertiary/aromatic N) is 1.